The van der Waals surface area contributed by atoms with Gasteiger partial charge < -0.3 is 15.0 Å². The Labute approximate surface area is 208 Å². The highest BCUT2D eigenvalue weighted by atomic mass is 16.3. The minimum atomic E-state index is -0.620. The number of amides is 1. The van der Waals surface area contributed by atoms with Gasteiger partial charge in [0.15, 0.2) is 0 Å². The Bertz CT molecular complexity index is 1410. The first-order valence-electron chi connectivity index (χ1n) is 13.6. The molecule has 2 aliphatic heterocycles. The smallest absolute Gasteiger partial charge is 0.325 e. The van der Waals surface area contributed by atoms with Crippen LogP contribution in [0.1, 0.15) is 60.0 Å². The van der Waals surface area contributed by atoms with Gasteiger partial charge in [-0.1, -0.05) is 6.07 Å². The molecular weight excluding hydrogens is 456 g/mol. The van der Waals surface area contributed by atoms with Gasteiger partial charge in [0.2, 0.25) is 0 Å². The van der Waals surface area contributed by atoms with Crippen LogP contribution in [0.5, 0.6) is 5.75 Å². The first kappa shape index (κ1) is 21.2. The fraction of sp³-hybridized carbons (Fsp3) is 0.607. The highest BCUT2D eigenvalue weighted by Crippen LogP contribution is 2.75. The van der Waals surface area contributed by atoms with E-state index in [1.807, 2.05) is 17.0 Å². The molecule has 5 fully saturated rings. The van der Waals surface area contributed by atoms with Gasteiger partial charge in [0.1, 0.15) is 11.3 Å². The molecule has 8 heteroatoms. The number of H-pyrrole nitrogens is 2. The van der Waals surface area contributed by atoms with Gasteiger partial charge in [0.05, 0.1) is 0 Å². The number of nitrogens with one attached hydrogen (secondary N) is 2. The highest BCUT2D eigenvalue weighted by molar-refractivity contribution is 5.94. The minimum absolute atomic E-state index is 0.0164. The van der Waals surface area contributed by atoms with E-state index in [2.05, 4.69) is 20.9 Å². The summed E-state index contributed by atoms with van der Waals surface area (Å²) in [7, 11) is 0. The Morgan fingerprint density at radius 2 is 2.03 bits per heavy atom. The molecular formula is C28H32N4O4. The SMILES string of the molecule is O=C(c1c[nH]c(=O)[nH]c1=O)N1C[C@H]2C[C@@]34CC[C@@H]1[C@@H]2[C@@]31CCN(CC2CC2)[C@@H]4Cc2ccc(O)cc21. The van der Waals surface area contributed by atoms with Gasteiger partial charge >= 0.3 is 5.69 Å². The molecule has 1 aromatic heterocycles. The lowest BCUT2D eigenvalue weighted by Crippen LogP contribution is -2.70. The first-order valence-corrected chi connectivity index (χ1v) is 13.6. The summed E-state index contributed by atoms with van der Waals surface area (Å²) in [5, 5.41) is 10.6. The number of aromatic amines is 2. The van der Waals surface area contributed by atoms with Gasteiger partial charge in [-0.2, -0.15) is 0 Å². The van der Waals surface area contributed by atoms with Crippen LogP contribution in [-0.4, -0.2) is 62.5 Å². The Morgan fingerprint density at radius 3 is 2.83 bits per heavy atom. The number of piperidine rings is 1. The Morgan fingerprint density at radius 1 is 1.17 bits per heavy atom. The maximum atomic E-state index is 13.6. The van der Waals surface area contributed by atoms with Crippen molar-refractivity contribution in [1.82, 2.24) is 19.8 Å². The molecule has 3 N–H and O–H groups in total. The number of aromatic nitrogens is 2. The van der Waals surface area contributed by atoms with E-state index in [0.29, 0.717) is 30.2 Å². The third-order valence-electron chi connectivity index (χ3n) is 11.1. The average Bonchev–Trinajstić information content (AvgIpc) is 3.54. The monoisotopic (exact) mass is 488 g/mol. The van der Waals surface area contributed by atoms with E-state index in [9.17, 15) is 19.5 Å². The van der Waals surface area contributed by atoms with E-state index in [4.69, 9.17) is 0 Å². The summed E-state index contributed by atoms with van der Waals surface area (Å²) in [6, 6.07) is 6.63. The molecule has 4 aliphatic carbocycles. The third kappa shape index (κ3) is 2.51. The second kappa shape index (κ2) is 6.91. The number of carbonyl (C=O) groups is 1. The molecule has 2 aromatic rings. The zero-order valence-corrected chi connectivity index (χ0v) is 20.3. The molecule has 3 heterocycles. The van der Waals surface area contributed by atoms with Gasteiger partial charge in [-0.25, -0.2) is 4.79 Å². The second-order valence-electron chi connectivity index (χ2n) is 12.4. The lowest BCUT2D eigenvalue weighted by molar-refractivity contribution is -0.102. The molecule has 0 radical (unpaired) electrons. The maximum absolute atomic E-state index is 13.6. The summed E-state index contributed by atoms with van der Waals surface area (Å²) in [5.74, 6) is 1.65. The minimum Gasteiger partial charge on any atom is -0.508 e. The number of phenols is 1. The zero-order chi connectivity index (χ0) is 24.4. The van der Waals surface area contributed by atoms with E-state index in [-0.39, 0.29) is 28.3 Å². The predicted octanol–water partition coefficient (Wildman–Crippen LogP) is 1.99. The van der Waals surface area contributed by atoms with Crippen LogP contribution in [0.4, 0.5) is 0 Å². The number of hydrogen-bond donors (Lipinski definition) is 3. The number of aromatic hydroxyl groups is 1. The third-order valence-corrected chi connectivity index (χ3v) is 11.1. The number of phenolic OH excluding ortho intramolecular Hbond substituents is 1. The van der Waals surface area contributed by atoms with Gasteiger partial charge in [0, 0.05) is 36.8 Å². The van der Waals surface area contributed by atoms with Gasteiger partial charge in [-0.15, -0.1) is 0 Å². The molecule has 0 unspecified atom stereocenters. The van der Waals surface area contributed by atoms with Crippen molar-refractivity contribution in [2.24, 2.45) is 23.2 Å². The number of likely N-dealkylation sites (tertiary alicyclic amines) is 2. The fourth-order valence-electron chi connectivity index (χ4n) is 9.90. The van der Waals surface area contributed by atoms with Crippen LogP contribution in [0.3, 0.4) is 0 Å². The molecule has 36 heavy (non-hydrogen) atoms. The molecule has 0 spiro atoms. The molecule has 1 aromatic carbocycles. The average molecular weight is 489 g/mol. The standard InChI is InChI=1S/C28H32N4O4/c33-18-4-3-16-9-22-27-6-5-21-23(28(27,20(16)10-18)7-8-31(22)13-15-1-2-15)17(11-27)14-32(21)25(35)19-12-29-26(36)30-24(19)34/h3-4,10,12,15,17,21-23,33H,1-2,5-9,11,13-14H2,(H2,29,30,34,36)/t17-,21-,22-,23-,27-,28+/m1/s1. The fourth-order valence-corrected chi connectivity index (χ4v) is 9.90. The van der Waals surface area contributed by atoms with Gasteiger partial charge in [-0.3, -0.25) is 19.5 Å². The largest absolute Gasteiger partial charge is 0.508 e. The Kier molecular flexibility index (Phi) is 4.08. The van der Waals surface area contributed by atoms with Crippen LogP contribution >= 0.6 is 0 Å². The summed E-state index contributed by atoms with van der Waals surface area (Å²) in [6.45, 7) is 2.97. The van der Waals surface area contributed by atoms with E-state index in [0.717, 1.165) is 44.6 Å². The van der Waals surface area contributed by atoms with Crippen LogP contribution in [-0.2, 0) is 11.8 Å². The number of hydrogen-bond acceptors (Lipinski definition) is 5. The molecule has 3 saturated carbocycles. The van der Waals surface area contributed by atoms with Crippen molar-refractivity contribution in [1.29, 1.82) is 0 Å². The number of rotatable bonds is 3. The van der Waals surface area contributed by atoms with Crippen LogP contribution in [0.15, 0.2) is 34.0 Å². The highest BCUT2D eigenvalue weighted by Gasteiger charge is 2.76. The normalized spacial score (nSPS) is 38.1. The number of carbonyl (C=O) groups excluding carboxylic acids is 1. The van der Waals surface area contributed by atoms with E-state index >= 15 is 0 Å². The number of fused-ring (bicyclic) bond motifs is 1. The molecule has 188 valence electrons. The molecule has 8 rings (SSSR count). The van der Waals surface area contributed by atoms with E-state index < -0.39 is 11.2 Å². The summed E-state index contributed by atoms with van der Waals surface area (Å²) < 4.78 is 0. The van der Waals surface area contributed by atoms with Crippen molar-refractivity contribution in [3.05, 3.63) is 61.9 Å². The summed E-state index contributed by atoms with van der Waals surface area (Å²) >= 11 is 0. The van der Waals surface area contributed by atoms with Gasteiger partial charge in [-0.05, 0) is 97.9 Å². The van der Waals surface area contributed by atoms with E-state index in [1.54, 1.807) is 0 Å². The van der Waals surface area contributed by atoms with Crippen molar-refractivity contribution < 1.29 is 9.90 Å². The van der Waals surface area contributed by atoms with Crippen LogP contribution in [0.2, 0.25) is 0 Å². The number of benzene rings is 1. The summed E-state index contributed by atoms with van der Waals surface area (Å²) in [6.07, 6.45) is 9.27. The Hall–Kier alpha value is -2.87. The molecule has 6 aliphatic rings. The summed E-state index contributed by atoms with van der Waals surface area (Å²) in [4.78, 5) is 47.1. The molecule has 2 saturated heterocycles. The van der Waals surface area contributed by atoms with E-state index in [1.165, 1.54) is 36.7 Å². The van der Waals surface area contributed by atoms with Crippen LogP contribution in [0, 0.1) is 23.2 Å². The van der Waals surface area contributed by atoms with Crippen LogP contribution in [0.25, 0.3) is 0 Å². The maximum Gasteiger partial charge on any atom is 0.325 e. The van der Waals surface area contributed by atoms with Crippen molar-refractivity contribution in [3.8, 4) is 5.75 Å². The molecule has 8 nitrogen and oxygen atoms in total. The van der Waals surface area contributed by atoms with Crippen molar-refractivity contribution in [3.63, 3.8) is 0 Å². The van der Waals surface area contributed by atoms with Gasteiger partial charge in [0.25, 0.3) is 11.5 Å². The zero-order valence-electron chi connectivity index (χ0n) is 20.3. The number of nitrogens with zero attached hydrogens (tertiary/aromatic N) is 2. The molecule has 6 atom stereocenters. The molecule has 1 amide bonds. The lowest BCUT2D eigenvalue weighted by Gasteiger charge is -2.66. The van der Waals surface area contributed by atoms with Crippen molar-refractivity contribution in [2.75, 3.05) is 19.6 Å². The lowest BCUT2D eigenvalue weighted by atomic mass is 9.43. The quantitative estimate of drug-likeness (QED) is 0.612. The predicted molar refractivity (Wildman–Crippen MR) is 132 cm³/mol. The second-order valence-corrected chi connectivity index (χ2v) is 12.4. The molecule has 4 bridgehead atoms. The van der Waals surface area contributed by atoms with Crippen molar-refractivity contribution >= 4 is 5.91 Å². The van der Waals surface area contributed by atoms with Crippen LogP contribution < -0.4 is 11.2 Å². The summed E-state index contributed by atoms with van der Waals surface area (Å²) in [5.41, 5.74) is 1.66. The first-order chi connectivity index (χ1) is 17.4. The topological polar surface area (TPSA) is 109 Å². The van der Waals surface area contributed by atoms with Crippen molar-refractivity contribution in [2.45, 2.75) is 62.4 Å². The Balaban J connectivity index is 1.24.